The first kappa shape index (κ1) is 30.7. The number of methoxy groups -OCH3 is 1. The van der Waals surface area contributed by atoms with Gasteiger partial charge in [0.1, 0.15) is 23.3 Å². The molecule has 5 aliphatic rings. The highest BCUT2D eigenvalue weighted by atomic mass is 16.6. The number of rotatable bonds is 9. The Morgan fingerprint density at radius 3 is 2.47 bits per heavy atom. The largest absolute Gasteiger partial charge is 0.504 e. The molecule has 2 bridgehead atoms. The van der Waals surface area contributed by atoms with Crippen molar-refractivity contribution in [2.75, 3.05) is 20.2 Å². The normalized spacial score (nSPS) is 32.0. The van der Waals surface area contributed by atoms with Crippen molar-refractivity contribution in [1.82, 2.24) is 10.2 Å². The Hall–Kier alpha value is -2.36. The quantitative estimate of drug-likeness (QED) is 0.400. The molecule has 3 fully saturated rings. The molecule has 3 aliphatic carbocycles. The number of benzene rings is 1. The number of carbonyl (C=O) groups is 2. The highest BCUT2D eigenvalue weighted by molar-refractivity contribution is 5.78. The number of ether oxygens (including phenoxy) is 4. The number of phenolic OH excluding ortho intramolecular Hbond substituents is 1. The SMILES string of the molecule is CO[C@@]12CCC(N[C@@H](CCC(=O)OC(C)(C)C)C(=O)OC(C)(C)C)C3Oc4c(O)ccc5c4[C@@]31CCN(CC1CC1)[C@@H]2C5. The molecule has 2 unspecified atom stereocenters. The van der Waals surface area contributed by atoms with Crippen molar-refractivity contribution in [1.29, 1.82) is 0 Å². The molecule has 6 rings (SSSR count). The predicted octanol–water partition coefficient (Wildman–Crippen LogP) is 4.40. The first-order chi connectivity index (χ1) is 20.2. The van der Waals surface area contributed by atoms with Gasteiger partial charge in [0.15, 0.2) is 11.5 Å². The van der Waals surface area contributed by atoms with Crippen LogP contribution in [0.4, 0.5) is 0 Å². The first-order valence-corrected chi connectivity index (χ1v) is 16.2. The Balaban J connectivity index is 1.33. The van der Waals surface area contributed by atoms with E-state index in [0.717, 1.165) is 50.3 Å². The van der Waals surface area contributed by atoms with Crippen LogP contribution in [0.1, 0.15) is 97.6 Å². The number of nitrogens with one attached hydrogen (secondary N) is 1. The van der Waals surface area contributed by atoms with Crippen LogP contribution in [0, 0.1) is 5.92 Å². The van der Waals surface area contributed by atoms with E-state index < -0.39 is 34.2 Å². The molecule has 2 heterocycles. The standard InChI is InChI=1S/C34H50N2O7/c1-31(2,3)42-26(38)13-11-23(30(39)43-32(4,5)6)35-22-14-15-34(40-7)25-18-21-10-12-24(37)28-27(21)33(34,29(22)41-28)16-17-36(25)19-20-8-9-20/h10,12,20,22-23,25,29,35,37H,8-9,11,13-19H2,1-7H3/t22?,23-,25+,29?,33-,34+/m0/s1. The molecule has 9 heteroatoms. The van der Waals surface area contributed by atoms with Gasteiger partial charge in [-0.25, -0.2) is 0 Å². The molecule has 1 aromatic carbocycles. The lowest BCUT2D eigenvalue weighted by Gasteiger charge is -2.65. The summed E-state index contributed by atoms with van der Waals surface area (Å²) in [5.41, 5.74) is 0.109. The van der Waals surface area contributed by atoms with Crippen molar-refractivity contribution in [3.8, 4) is 11.5 Å². The summed E-state index contributed by atoms with van der Waals surface area (Å²) in [6, 6.07) is 3.10. The summed E-state index contributed by atoms with van der Waals surface area (Å²) in [4.78, 5) is 28.9. The van der Waals surface area contributed by atoms with Crippen LogP contribution in [0.15, 0.2) is 12.1 Å². The van der Waals surface area contributed by atoms with Crippen LogP contribution in [0.2, 0.25) is 0 Å². The monoisotopic (exact) mass is 598 g/mol. The van der Waals surface area contributed by atoms with Crippen molar-refractivity contribution in [3.63, 3.8) is 0 Å². The van der Waals surface area contributed by atoms with Crippen LogP contribution in [0.3, 0.4) is 0 Å². The van der Waals surface area contributed by atoms with Gasteiger partial charge in [-0.05, 0) is 111 Å². The third-order valence-corrected chi connectivity index (χ3v) is 10.3. The van der Waals surface area contributed by atoms with Crippen molar-refractivity contribution < 1.29 is 33.6 Å². The third kappa shape index (κ3) is 5.33. The molecule has 1 saturated heterocycles. The van der Waals surface area contributed by atoms with Crippen LogP contribution in [0.5, 0.6) is 11.5 Å². The van der Waals surface area contributed by atoms with E-state index in [0.29, 0.717) is 5.75 Å². The molecule has 2 N–H and O–H groups in total. The van der Waals surface area contributed by atoms with E-state index in [1.165, 1.54) is 18.4 Å². The molecule has 2 saturated carbocycles. The Morgan fingerprint density at radius 2 is 1.81 bits per heavy atom. The van der Waals surface area contributed by atoms with Gasteiger partial charge >= 0.3 is 11.9 Å². The van der Waals surface area contributed by atoms with Crippen molar-refractivity contribution >= 4 is 11.9 Å². The number of aromatic hydroxyl groups is 1. The lowest BCUT2D eigenvalue weighted by Crippen LogP contribution is -2.79. The van der Waals surface area contributed by atoms with Crippen molar-refractivity contribution in [2.24, 2.45) is 5.92 Å². The van der Waals surface area contributed by atoms with Gasteiger partial charge in [0.25, 0.3) is 0 Å². The van der Waals surface area contributed by atoms with Crippen LogP contribution in [-0.4, -0.2) is 83.2 Å². The molecule has 2 aliphatic heterocycles. The Bertz CT molecular complexity index is 1260. The summed E-state index contributed by atoms with van der Waals surface area (Å²) in [6.07, 6.45) is 5.84. The second-order valence-corrected chi connectivity index (χ2v) is 15.5. The number of likely N-dealkylation sites (tertiary alicyclic amines) is 1. The Morgan fingerprint density at radius 1 is 1.09 bits per heavy atom. The van der Waals surface area contributed by atoms with Gasteiger partial charge in [0.2, 0.25) is 0 Å². The smallest absolute Gasteiger partial charge is 0.323 e. The summed E-state index contributed by atoms with van der Waals surface area (Å²) < 4.78 is 24.9. The molecule has 6 atom stereocenters. The molecule has 1 aromatic rings. The highest BCUT2D eigenvalue weighted by Gasteiger charge is 2.74. The molecular weight excluding hydrogens is 548 g/mol. The van der Waals surface area contributed by atoms with Crippen LogP contribution < -0.4 is 10.1 Å². The number of carbonyl (C=O) groups excluding carboxylic acids is 2. The van der Waals surface area contributed by atoms with Gasteiger partial charge in [-0.3, -0.25) is 19.8 Å². The zero-order valence-corrected chi connectivity index (χ0v) is 27.0. The molecule has 0 aromatic heterocycles. The number of esters is 2. The van der Waals surface area contributed by atoms with Gasteiger partial charge in [-0.15, -0.1) is 0 Å². The highest BCUT2D eigenvalue weighted by Crippen LogP contribution is 2.66. The zero-order chi connectivity index (χ0) is 30.9. The average molecular weight is 599 g/mol. The third-order valence-electron chi connectivity index (χ3n) is 10.3. The van der Waals surface area contributed by atoms with Gasteiger partial charge < -0.3 is 24.1 Å². The first-order valence-electron chi connectivity index (χ1n) is 16.2. The van der Waals surface area contributed by atoms with E-state index in [1.807, 2.05) is 48.7 Å². The van der Waals surface area contributed by atoms with Gasteiger partial charge in [0.05, 0.1) is 11.0 Å². The number of phenols is 1. The summed E-state index contributed by atoms with van der Waals surface area (Å²) in [5.74, 6) is 0.749. The summed E-state index contributed by atoms with van der Waals surface area (Å²) in [5, 5.41) is 14.7. The summed E-state index contributed by atoms with van der Waals surface area (Å²) in [7, 11) is 1.84. The lowest BCUT2D eigenvalue weighted by atomic mass is 9.48. The van der Waals surface area contributed by atoms with Gasteiger partial charge in [-0.1, -0.05) is 6.07 Å². The topological polar surface area (TPSA) is 107 Å². The van der Waals surface area contributed by atoms with Crippen molar-refractivity contribution in [2.45, 2.75) is 139 Å². The zero-order valence-electron chi connectivity index (χ0n) is 27.0. The average Bonchev–Trinajstić information content (AvgIpc) is 3.65. The Labute approximate surface area is 256 Å². The van der Waals surface area contributed by atoms with Gasteiger partial charge in [-0.2, -0.15) is 0 Å². The minimum Gasteiger partial charge on any atom is -0.504 e. The number of hydrogen-bond acceptors (Lipinski definition) is 9. The van der Waals surface area contributed by atoms with E-state index in [4.69, 9.17) is 18.9 Å². The van der Waals surface area contributed by atoms with Crippen LogP contribution in [-0.2, 0) is 35.6 Å². The van der Waals surface area contributed by atoms with Crippen LogP contribution >= 0.6 is 0 Å². The molecule has 1 spiro atoms. The second kappa shape index (κ2) is 10.6. The minimum absolute atomic E-state index is 0.0862. The maximum absolute atomic E-state index is 13.6. The Kier molecular flexibility index (Phi) is 7.57. The fourth-order valence-electron chi connectivity index (χ4n) is 8.60. The molecular formula is C34H50N2O7. The molecule has 0 amide bonds. The number of nitrogens with zero attached hydrogens (tertiary/aromatic N) is 1. The van der Waals surface area contributed by atoms with E-state index in [-0.39, 0.29) is 42.7 Å². The predicted molar refractivity (Wildman–Crippen MR) is 161 cm³/mol. The van der Waals surface area contributed by atoms with Crippen molar-refractivity contribution in [3.05, 3.63) is 23.3 Å². The number of hydrogen-bond donors (Lipinski definition) is 2. The molecule has 9 nitrogen and oxygen atoms in total. The van der Waals surface area contributed by atoms with Gasteiger partial charge in [0, 0.05) is 37.7 Å². The molecule has 238 valence electrons. The summed E-state index contributed by atoms with van der Waals surface area (Å²) in [6.45, 7) is 13.1. The van der Waals surface area contributed by atoms with E-state index in [2.05, 4.69) is 16.3 Å². The fourth-order valence-corrected chi connectivity index (χ4v) is 8.60. The number of piperidine rings is 1. The van der Waals surface area contributed by atoms with Crippen LogP contribution in [0.25, 0.3) is 0 Å². The van der Waals surface area contributed by atoms with E-state index in [9.17, 15) is 14.7 Å². The maximum Gasteiger partial charge on any atom is 0.323 e. The molecule has 0 radical (unpaired) electrons. The molecule has 43 heavy (non-hydrogen) atoms. The second-order valence-electron chi connectivity index (χ2n) is 15.5. The fraction of sp³-hybridized carbons (Fsp3) is 0.765. The van der Waals surface area contributed by atoms with E-state index in [1.54, 1.807) is 6.07 Å². The minimum atomic E-state index is -0.724. The lowest BCUT2D eigenvalue weighted by molar-refractivity contribution is -0.208. The summed E-state index contributed by atoms with van der Waals surface area (Å²) >= 11 is 0. The maximum atomic E-state index is 13.6. The van der Waals surface area contributed by atoms with E-state index >= 15 is 0 Å².